The van der Waals surface area contributed by atoms with Crippen LogP contribution in [-0.2, 0) is 22.8 Å². The fourth-order valence-electron chi connectivity index (χ4n) is 0. The summed E-state index contributed by atoms with van der Waals surface area (Å²) in [5, 5.41) is 0. The molecule has 0 saturated carbocycles. The zero-order valence-electron chi connectivity index (χ0n) is 1.67. The molecule has 0 heterocycles. The Morgan fingerprint density at radius 3 is 1.25 bits per heavy atom. The first-order valence-corrected chi connectivity index (χ1v) is 2.34. The first-order chi connectivity index (χ1) is 2.00. The van der Waals surface area contributed by atoms with Crippen molar-refractivity contribution in [2.24, 2.45) is 0 Å². The number of hydrogen-bond donors (Lipinski definition) is 0. The van der Waals surface area contributed by atoms with Crippen molar-refractivity contribution in [1.82, 2.24) is 0 Å². The van der Waals surface area contributed by atoms with E-state index < -0.39 is 0 Å². The summed E-state index contributed by atoms with van der Waals surface area (Å²) in [7, 11) is 0. The van der Waals surface area contributed by atoms with Crippen molar-refractivity contribution in [1.29, 1.82) is 0 Å². The molecule has 2 nitrogen and oxygen atoms in total. The summed E-state index contributed by atoms with van der Waals surface area (Å²) in [6.07, 6.45) is 0. The zero-order valence-corrected chi connectivity index (χ0v) is 6.55. The van der Waals surface area contributed by atoms with Crippen molar-refractivity contribution in [3.63, 3.8) is 0 Å². The van der Waals surface area contributed by atoms with Gasteiger partial charge in [0, 0.05) is 0 Å². The summed E-state index contributed by atoms with van der Waals surface area (Å²) in [6, 6.07) is 0. The average Bonchev–Trinajstić information content (AvgIpc) is 1.50. The maximum absolute atomic E-state index is 8.39. The van der Waals surface area contributed by atoms with Gasteiger partial charge < -0.3 is 0 Å². The SMILES string of the molecule is [O]=[Ce].[O]=[Ru]. The molecule has 0 bridgehead atoms. The van der Waals surface area contributed by atoms with Crippen molar-refractivity contribution in [2.75, 3.05) is 0 Å². The van der Waals surface area contributed by atoms with Gasteiger partial charge >= 0.3 is 62.5 Å². The predicted molar refractivity (Wildman–Crippen MR) is 1.37 cm³/mol. The third-order valence-electron chi connectivity index (χ3n) is 0. The minimum absolute atomic E-state index is 0.0556. The third-order valence-corrected chi connectivity index (χ3v) is 0. The molecule has 0 radical (unpaired) electrons. The summed E-state index contributed by atoms with van der Waals surface area (Å²) in [6.45, 7) is 0. The van der Waals surface area contributed by atoms with Crippen LogP contribution in [0, 0.1) is 39.8 Å². The normalized spacial score (nSPS) is 2.00. The number of hydrogen-bond acceptors (Lipinski definition) is 2. The van der Waals surface area contributed by atoms with Crippen molar-refractivity contribution >= 4 is 0 Å². The summed E-state index contributed by atoms with van der Waals surface area (Å²) in [5.74, 6) is 0. The molecule has 0 spiro atoms. The first kappa shape index (κ1) is 9.14. The van der Waals surface area contributed by atoms with E-state index in [4.69, 9.17) is 4.51 Å². The number of rotatable bonds is 0. The molecule has 0 rings (SSSR count). The molecule has 0 aliphatic rings. The molecule has 0 atom stereocenters. The van der Waals surface area contributed by atoms with E-state index in [0.29, 0.717) is 0 Å². The fourth-order valence-corrected chi connectivity index (χ4v) is 0. The van der Waals surface area contributed by atoms with E-state index in [0.717, 1.165) is 18.3 Å². The molecule has 0 fully saturated rings. The Balaban J connectivity index is 0. The van der Waals surface area contributed by atoms with Gasteiger partial charge in [-0.15, -0.1) is 0 Å². The van der Waals surface area contributed by atoms with E-state index in [1.165, 1.54) is 0 Å². The Morgan fingerprint density at radius 2 is 1.25 bits per heavy atom. The molecule has 0 N–H and O–H groups in total. The van der Waals surface area contributed by atoms with E-state index in [-0.39, 0.29) is 39.8 Å². The van der Waals surface area contributed by atoms with Crippen LogP contribution in [-0.4, -0.2) is 0 Å². The standard InChI is InChI=1S/Ce.2O.Ru. The monoisotopic (exact) mass is 274 g/mol. The summed E-state index contributed by atoms with van der Waals surface area (Å²) in [4.78, 5) is 0. The van der Waals surface area contributed by atoms with Gasteiger partial charge in [0.25, 0.3) is 0 Å². The zero-order chi connectivity index (χ0) is 4.00. The van der Waals surface area contributed by atoms with Gasteiger partial charge in [-0.25, -0.2) is 0 Å². The molecule has 0 saturated heterocycles. The summed E-state index contributed by atoms with van der Waals surface area (Å²) >= 11 is 1.16. The Morgan fingerprint density at radius 1 is 1.25 bits per heavy atom. The van der Waals surface area contributed by atoms with Gasteiger partial charge in [-0.1, -0.05) is 0 Å². The van der Waals surface area contributed by atoms with Crippen molar-refractivity contribution in [3.05, 3.63) is 0 Å². The van der Waals surface area contributed by atoms with Crippen LogP contribution in [0.2, 0.25) is 0 Å². The van der Waals surface area contributed by atoms with Crippen molar-refractivity contribution in [2.45, 2.75) is 0 Å². The second-order valence-electron chi connectivity index (χ2n) is 0. The van der Waals surface area contributed by atoms with Crippen LogP contribution in [0.25, 0.3) is 0 Å². The van der Waals surface area contributed by atoms with Crippen molar-refractivity contribution < 1.29 is 62.5 Å². The molecule has 0 aliphatic carbocycles. The van der Waals surface area contributed by atoms with Crippen LogP contribution < -0.4 is 0 Å². The van der Waals surface area contributed by atoms with Gasteiger partial charge in [-0.05, 0) is 0 Å². The topological polar surface area (TPSA) is 34.1 Å². The van der Waals surface area contributed by atoms with Gasteiger partial charge in [0.1, 0.15) is 0 Å². The minimum atomic E-state index is 0.0556. The summed E-state index contributed by atoms with van der Waals surface area (Å²) in [5.41, 5.74) is 0. The van der Waals surface area contributed by atoms with Crippen LogP contribution in [0.1, 0.15) is 0 Å². The van der Waals surface area contributed by atoms with Crippen LogP contribution in [0.4, 0.5) is 0 Å². The molecular formula is CeO2Ru. The molecule has 0 amide bonds. The molecule has 0 aromatic carbocycles. The Kier molecular flexibility index (Phi) is 53.2. The van der Waals surface area contributed by atoms with E-state index in [1.54, 1.807) is 0 Å². The molecular weight excluding hydrogens is 273 g/mol. The third kappa shape index (κ3) is 9.51. The van der Waals surface area contributed by atoms with Crippen LogP contribution in [0.15, 0.2) is 0 Å². The molecule has 4 heteroatoms. The van der Waals surface area contributed by atoms with Crippen LogP contribution in [0.3, 0.4) is 0 Å². The quantitative estimate of drug-likeness (QED) is 0.571. The second kappa shape index (κ2) is 23.3. The van der Waals surface area contributed by atoms with Gasteiger partial charge in [-0.2, -0.15) is 0 Å². The molecule has 4 heavy (non-hydrogen) atoms. The van der Waals surface area contributed by atoms with E-state index in [9.17, 15) is 0 Å². The van der Waals surface area contributed by atoms with Gasteiger partial charge in [0.15, 0.2) is 0 Å². The molecule has 0 aliphatic heterocycles. The second-order valence-corrected chi connectivity index (χ2v) is 0. The van der Waals surface area contributed by atoms with Gasteiger partial charge in [0.05, 0.1) is 0 Å². The van der Waals surface area contributed by atoms with E-state index in [1.807, 2.05) is 0 Å². The van der Waals surface area contributed by atoms with Gasteiger partial charge in [0.2, 0.25) is 0 Å². The first-order valence-electron chi connectivity index (χ1n) is 0.348. The Hall–Kier alpha value is 1.60. The Labute approximate surface area is 61.5 Å². The average molecular weight is 273 g/mol. The van der Waals surface area contributed by atoms with E-state index in [2.05, 4.69) is 0 Å². The molecule has 24 valence electrons. The summed E-state index contributed by atoms with van der Waals surface area (Å²) < 4.78 is 16.6. The Bertz CT molecular complexity index is 8.00. The predicted octanol–water partition coefficient (Wildman–Crippen LogP) is -0.240. The molecule has 0 aromatic heterocycles. The fraction of sp³-hybridized carbons (Fsp3) is 0. The molecule has 0 aromatic rings. The molecule has 0 unspecified atom stereocenters. The van der Waals surface area contributed by atoms with Gasteiger partial charge in [-0.3, -0.25) is 0 Å². The van der Waals surface area contributed by atoms with E-state index >= 15 is 0 Å². The van der Waals surface area contributed by atoms with Crippen molar-refractivity contribution in [3.8, 4) is 0 Å². The van der Waals surface area contributed by atoms with Crippen LogP contribution >= 0.6 is 0 Å². The van der Waals surface area contributed by atoms with Crippen LogP contribution in [0.5, 0.6) is 0 Å². The maximum atomic E-state index is 8.39.